The van der Waals surface area contributed by atoms with E-state index in [-0.39, 0.29) is 6.61 Å². The van der Waals surface area contributed by atoms with Gasteiger partial charge >= 0.3 is 17.9 Å². The Morgan fingerprint density at radius 2 is 1.60 bits per heavy atom. The smallest absolute Gasteiger partial charge is 0.303 e. The van der Waals surface area contributed by atoms with Gasteiger partial charge in [-0.3, -0.25) is 14.4 Å². The van der Waals surface area contributed by atoms with Crippen LogP contribution in [0.1, 0.15) is 20.8 Å². The Labute approximate surface area is 115 Å². The second kappa shape index (κ2) is 7.20. The van der Waals surface area contributed by atoms with Gasteiger partial charge in [-0.2, -0.15) is 0 Å². The Morgan fingerprint density at radius 1 is 1.05 bits per heavy atom. The van der Waals surface area contributed by atoms with Crippen molar-refractivity contribution in [3.8, 4) is 0 Å². The summed E-state index contributed by atoms with van der Waals surface area (Å²) in [5, 5.41) is 9.74. The van der Waals surface area contributed by atoms with Crippen molar-refractivity contribution in [3.63, 3.8) is 0 Å². The van der Waals surface area contributed by atoms with E-state index < -0.39 is 42.3 Å². The van der Waals surface area contributed by atoms with Gasteiger partial charge in [0.2, 0.25) is 0 Å². The third-order valence-electron chi connectivity index (χ3n) is 2.47. The molecule has 1 N–H and O–H groups in total. The molecule has 0 amide bonds. The van der Waals surface area contributed by atoms with Gasteiger partial charge in [0.15, 0.2) is 12.2 Å². The van der Waals surface area contributed by atoms with E-state index in [0.717, 1.165) is 13.5 Å². The van der Waals surface area contributed by atoms with Crippen LogP contribution < -0.4 is 0 Å². The molecule has 0 bridgehead atoms. The average molecular weight is 289 g/mol. The summed E-state index contributed by atoms with van der Waals surface area (Å²) in [5.74, 6) is -1.82. The lowest BCUT2D eigenvalue weighted by Crippen LogP contribution is -2.55. The fourth-order valence-corrected chi connectivity index (χ4v) is 1.74. The van der Waals surface area contributed by atoms with Crippen LogP contribution in [0.25, 0.3) is 0 Å². The minimum Gasteiger partial charge on any atom is -0.463 e. The Morgan fingerprint density at radius 3 is 2.10 bits per heavy atom. The van der Waals surface area contributed by atoms with Gasteiger partial charge < -0.3 is 24.1 Å². The maximum Gasteiger partial charge on any atom is 0.303 e. The highest BCUT2D eigenvalue weighted by Crippen LogP contribution is 2.24. The number of aliphatic hydroxyl groups is 1. The van der Waals surface area contributed by atoms with Crippen LogP contribution in [0.15, 0.2) is 0 Å². The van der Waals surface area contributed by atoms with Crippen molar-refractivity contribution in [3.05, 3.63) is 6.61 Å². The molecule has 0 saturated carbocycles. The van der Waals surface area contributed by atoms with Gasteiger partial charge in [0, 0.05) is 20.8 Å². The SMILES string of the molecule is CC(=O)OC[C@H]1O[CH][C@H](O)[C@@H](OC(C)=O)[C@@H]1OC(C)=O. The number of carbonyl (C=O) groups is 3. The fraction of sp³-hybridized carbons (Fsp3) is 0.667. The number of carbonyl (C=O) groups excluding carboxylic acids is 3. The molecule has 1 heterocycles. The molecular formula is C12H17O8. The molecule has 0 aliphatic carbocycles. The Balaban J connectivity index is 2.83. The number of aliphatic hydroxyl groups excluding tert-OH is 1. The second-order valence-corrected chi connectivity index (χ2v) is 4.25. The number of ether oxygens (including phenoxy) is 4. The molecule has 0 aromatic rings. The largest absolute Gasteiger partial charge is 0.463 e. The first-order valence-electron chi connectivity index (χ1n) is 5.96. The van der Waals surface area contributed by atoms with E-state index in [4.69, 9.17) is 18.9 Å². The van der Waals surface area contributed by atoms with Crippen molar-refractivity contribution in [1.29, 1.82) is 0 Å². The number of hydrogen-bond acceptors (Lipinski definition) is 8. The predicted octanol–water partition coefficient (Wildman–Crippen LogP) is -0.666. The van der Waals surface area contributed by atoms with Gasteiger partial charge in [-0.05, 0) is 0 Å². The Hall–Kier alpha value is -1.67. The molecule has 0 unspecified atom stereocenters. The lowest BCUT2D eigenvalue weighted by molar-refractivity contribution is -0.211. The summed E-state index contributed by atoms with van der Waals surface area (Å²) in [6.07, 6.45) is -4.31. The van der Waals surface area contributed by atoms with Gasteiger partial charge in [-0.1, -0.05) is 0 Å². The summed E-state index contributed by atoms with van der Waals surface area (Å²) in [7, 11) is 0. The molecule has 1 aliphatic rings. The molecular weight excluding hydrogens is 272 g/mol. The van der Waals surface area contributed by atoms with Crippen molar-refractivity contribution in [2.24, 2.45) is 0 Å². The highest BCUT2D eigenvalue weighted by Gasteiger charge is 2.45. The summed E-state index contributed by atoms with van der Waals surface area (Å²) in [4.78, 5) is 33.0. The Kier molecular flexibility index (Phi) is 5.90. The molecule has 8 heteroatoms. The van der Waals surface area contributed by atoms with Crippen LogP contribution >= 0.6 is 0 Å². The summed E-state index contributed by atoms with van der Waals surface area (Å²) in [6.45, 7) is 4.38. The zero-order valence-corrected chi connectivity index (χ0v) is 11.4. The molecule has 0 aromatic carbocycles. The predicted molar refractivity (Wildman–Crippen MR) is 62.9 cm³/mol. The lowest BCUT2D eigenvalue weighted by atomic mass is 10.00. The van der Waals surface area contributed by atoms with Crippen molar-refractivity contribution >= 4 is 17.9 Å². The van der Waals surface area contributed by atoms with Crippen molar-refractivity contribution in [2.75, 3.05) is 6.61 Å². The average Bonchev–Trinajstić information content (AvgIpc) is 2.31. The maximum absolute atomic E-state index is 11.1. The van der Waals surface area contributed by atoms with E-state index in [9.17, 15) is 19.5 Å². The van der Waals surface area contributed by atoms with Crippen LogP contribution in [-0.4, -0.2) is 54.0 Å². The molecule has 1 saturated heterocycles. The maximum atomic E-state index is 11.1. The molecule has 1 rings (SSSR count). The van der Waals surface area contributed by atoms with Crippen LogP contribution in [0.4, 0.5) is 0 Å². The fourth-order valence-electron chi connectivity index (χ4n) is 1.74. The van der Waals surface area contributed by atoms with Crippen molar-refractivity contribution in [1.82, 2.24) is 0 Å². The topological polar surface area (TPSA) is 108 Å². The standard InChI is InChI=1S/C12H17O8/c1-6(13)17-5-10-12(20-8(3)15)11(19-7(2)14)9(16)4-18-10/h4,9-12,16H,5H2,1-3H3/t9-,10+,11+,12+/m0/s1. The zero-order chi connectivity index (χ0) is 15.3. The first-order valence-corrected chi connectivity index (χ1v) is 5.96. The Bertz CT molecular complexity index is 380. The molecule has 1 aliphatic heterocycles. The molecule has 8 nitrogen and oxygen atoms in total. The van der Waals surface area contributed by atoms with Gasteiger partial charge in [0.25, 0.3) is 0 Å². The first kappa shape index (κ1) is 16.4. The summed E-state index contributed by atoms with van der Waals surface area (Å²) >= 11 is 0. The molecule has 1 radical (unpaired) electrons. The third kappa shape index (κ3) is 4.78. The quantitative estimate of drug-likeness (QED) is 0.536. The summed E-state index contributed by atoms with van der Waals surface area (Å²) in [5.41, 5.74) is 0. The molecule has 20 heavy (non-hydrogen) atoms. The van der Waals surface area contributed by atoms with Crippen LogP contribution in [0.2, 0.25) is 0 Å². The van der Waals surface area contributed by atoms with E-state index in [1.807, 2.05) is 0 Å². The number of hydrogen-bond donors (Lipinski definition) is 1. The zero-order valence-electron chi connectivity index (χ0n) is 11.4. The van der Waals surface area contributed by atoms with Crippen molar-refractivity contribution in [2.45, 2.75) is 45.2 Å². The highest BCUT2D eigenvalue weighted by molar-refractivity contribution is 5.67. The minimum absolute atomic E-state index is 0.200. The monoisotopic (exact) mass is 289 g/mol. The lowest BCUT2D eigenvalue weighted by Gasteiger charge is -2.38. The summed E-state index contributed by atoms with van der Waals surface area (Å²) in [6, 6.07) is 0. The van der Waals surface area contributed by atoms with Crippen LogP contribution in [0, 0.1) is 6.61 Å². The van der Waals surface area contributed by atoms with Gasteiger partial charge in [-0.25, -0.2) is 0 Å². The molecule has 0 aromatic heterocycles. The van der Waals surface area contributed by atoms with Gasteiger partial charge in [0.1, 0.15) is 25.4 Å². The highest BCUT2D eigenvalue weighted by atomic mass is 16.6. The van der Waals surface area contributed by atoms with Gasteiger partial charge in [-0.15, -0.1) is 0 Å². The summed E-state index contributed by atoms with van der Waals surface area (Å²) < 4.78 is 19.9. The van der Waals surface area contributed by atoms with E-state index in [0.29, 0.717) is 0 Å². The van der Waals surface area contributed by atoms with Crippen LogP contribution in [-0.2, 0) is 33.3 Å². The van der Waals surface area contributed by atoms with Crippen molar-refractivity contribution < 1.29 is 38.4 Å². The van der Waals surface area contributed by atoms with Gasteiger partial charge in [0.05, 0.1) is 0 Å². The van der Waals surface area contributed by atoms with Crippen LogP contribution in [0.3, 0.4) is 0 Å². The molecule has 0 spiro atoms. The second-order valence-electron chi connectivity index (χ2n) is 4.25. The van der Waals surface area contributed by atoms with E-state index >= 15 is 0 Å². The third-order valence-corrected chi connectivity index (χ3v) is 2.47. The van der Waals surface area contributed by atoms with E-state index in [1.165, 1.54) is 13.8 Å². The molecule has 1 fully saturated rings. The number of rotatable bonds is 4. The molecule has 113 valence electrons. The van der Waals surface area contributed by atoms with E-state index in [1.54, 1.807) is 0 Å². The van der Waals surface area contributed by atoms with Crippen LogP contribution in [0.5, 0.6) is 0 Å². The minimum atomic E-state index is -1.25. The van der Waals surface area contributed by atoms with E-state index in [2.05, 4.69) is 0 Å². The molecule has 4 atom stereocenters. The first-order chi connectivity index (χ1) is 9.31. The normalized spacial score (nSPS) is 29.4. The number of esters is 3.